The van der Waals surface area contributed by atoms with Crippen LogP contribution in [0.25, 0.3) is 0 Å². The summed E-state index contributed by atoms with van der Waals surface area (Å²) in [4.78, 5) is 23.1. The van der Waals surface area contributed by atoms with Crippen LogP contribution < -0.4 is 10.5 Å². The third-order valence-electron chi connectivity index (χ3n) is 4.00. The van der Waals surface area contributed by atoms with Crippen LogP contribution in [-0.2, 0) is 23.7 Å². The van der Waals surface area contributed by atoms with Crippen molar-refractivity contribution in [1.29, 1.82) is 0 Å². The Balaban J connectivity index is 2.44. The molecule has 1 aromatic carbocycles. The maximum Gasteiger partial charge on any atom is 0.338 e. The number of carbonyl (C=O) groups is 2. The number of rotatable bonds is 15. The number of benzene rings is 1. The second kappa shape index (κ2) is 14.8. The summed E-state index contributed by atoms with van der Waals surface area (Å²) in [6, 6.07) is 6.62. The Morgan fingerprint density at radius 3 is 2.45 bits per heavy atom. The number of methoxy groups -OCH3 is 1. The quantitative estimate of drug-likeness (QED) is 0.267. The van der Waals surface area contributed by atoms with Crippen LogP contribution in [0.15, 0.2) is 24.3 Å². The summed E-state index contributed by atoms with van der Waals surface area (Å²) in [5.41, 5.74) is 6.30. The molecule has 0 aliphatic rings. The standard InChI is InChI=1S/C21H33NO7/c1-4-26-18(23)13-8-6-7-9-14-28-21(19(22)25-3)29-17-12-10-11-16(15-17)20(24)27-5-2/h10-12,15,19,21H,4-9,13-14,22H2,1-3H3. The van der Waals surface area contributed by atoms with E-state index in [1.54, 1.807) is 38.1 Å². The largest absolute Gasteiger partial charge is 0.466 e. The zero-order valence-corrected chi connectivity index (χ0v) is 17.6. The van der Waals surface area contributed by atoms with Crippen LogP contribution in [-0.4, -0.2) is 51.4 Å². The van der Waals surface area contributed by atoms with Crippen LogP contribution in [0.3, 0.4) is 0 Å². The SMILES string of the molecule is CCOC(=O)CCCCCCOC(Oc1cccc(C(=O)OCC)c1)C(N)OC. The maximum atomic E-state index is 11.9. The van der Waals surface area contributed by atoms with Gasteiger partial charge in [-0.1, -0.05) is 18.9 Å². The minimum atomic E-state index is -0.822. The molecule has 0 bridgehead atoms. The second-order valence-electron chi connectivity index (χ2n) is 6.27. The molecule has 8 heteroatoms. The first-order valence-electron chi connectivity index (χ1n) is 10.0. The van der Waals surface area contributed by atoms with Gasteiger partial charge in [-0.05, 0) is 44.9 Å². The molecule has 0 aliphatic heterocycles. The van der Waals surface area contributed by atoms with Crippen molar-refractivity contribution in [3.8, 4) is 5.75 Å². The van der Waals surface area contributed by atoms with Crippen LogP contribution in [0.4, 0.5) is 0 Å². The maximum absolute atomic E-state index is 11.9. The second-order valence-corrected chi connectivity index (χ2v) is 6.27. The van der Waals surface area contributed by atoms with E-state index in [1.165, 1.54) is 7.11 Å². The molecular formula is C21H33NO7. The van der Waals surface area contributed by atoms with Crippen molar-refractivity contribution in [2.24, 2.45) is 5.73 Å². The molecule has 0 aromatic heterocycles. The third kappa shape index (κ3) is 10.3. The third-order valence-corrected chi connectivity index (χ3v) is 4.00. The van der Waals surface area contributed by atoms with E-state index in [1.807, 2.05) is 0 Å². The smallest absolute Gasteiger partial charge is 0.338 e. The first kappa shape index (κ1) is 24.9. The van der Waals surface area contributed by atoms with Crippen molar-refractivity contribution in [1.82, 2.24) is 0 Å². The molecular weight excluding hydrogens is 378 g/mol. The van der Waals surface area contributed by atoms with E-state index in [4.69, 9.17) is 29.4 Å². The predicted octanol–water partition coefficient (Wildman–Crippen LogP) is 3.03. The fourth-order valence-electron chi connectivity index (χ4n) is 2.51. The Kier molecular flexibility index (Phi) is 12.7. The highest BCUT2D eigenvalue weighted by atomic mass is 16.7. The summed E-state index contributed by atoms with van der Waals surface area (Å²) in [7, 11) is 1.47. The Morgan fingerprint density at radius 2 is 1.76 bits per heavy atom. The van der Waals surface area contributed by atoms with Crippen LogP contribution in [0.5, 0.6) is 5.75 Å². The highest BCUT2D eigenvalue weighted by Gasteiger charge is 2.20. The van der Waals surface area contributed by atoms with E-state index in [2.05, 4.69) is 0 Å². The number of hydrogen-bond acceptors (Lipinski definition) is 8. The highest BCUT2D eigenvalue weighted by molar-refractivity contribution is 5.89. The van der Waals surface area contributed by atoms with E-state index >= 15 is 0 Å². The van der Waals surface area contributed by atoms with Gasteiger partial charge in [0.2, 0.25) is 6.29 Å². The van der Waals surface area contributed by atoms with Gasteiger partial charge < -0.3 is 29.4 Å². The van der Waals surface area contributed by atoms with E-state index < -0.39 is 18.5 Å². The molecule has 0 amide bonds. The monoisotopic (exact) mass is 411 g/mol. The summed E-state index contributed by atoms with van der Waals surface area (Å²) in [6.07, 6.45) is 2.23. The highest BCUT2D eigenvalue weighted by Crippen LogP contribution is 2.18. The van der Waals surface area contributed by atoms with E-state index in [-0.39, 0.29) is 5.97 Å². The number of nitrogens with two attached hydrogens (primary N) is 1. The molecule has 0 heterocycles. The lowest BCUT2D eigenvalue weighted by Gasteiger charge is -2.24. The van der Waals surface area contributed by atoms with Gasteiger partial charge >= 0.3 is 11.9 Å². The lowest BCUT2D eigenvalue weighted by Crippen LogP contribution is -2.42. The molecule has 8 nitrogen and oxygen atoms in total. The van der Waals surface area contributed by atoms with Gasteiger partial charge in [0.25, 0.3) is 0 Å². The van der Waals surface area contributed by atoms with Gasteiger partial charge in [-0.25, -0.2) is 4.79 Å². The summed E-state index contributed by atoms with van der Waals surface area (Å²) in [5.74, 6) is -0.148. The molecule has 0 aliphatic carbocycles. The van der Waals surface area contributed by atoms with Crippen molar-refractivity contribution in [3.05, 3.63) is 29.8 Å². The normalized spacial score (nSPS) is 12.8. The lowest BCUT2D eigenvalue weighted by atomic mass is 10.1. The van der Waals surface area contributed by atoms with Crippen molar-refractivity contribution < 1.29 is 33.3 Å². The van der Waals surface area contributed by atoms with Gasteiger partial charge in [0, 0.05) is 13.5 Å². The fourth-order valence-corrected chi connectivity index (χ4v) is 2.51. The van der Waals surface area contributed by atoms with Crippen LogP contribution in [0.1, 0.15) is 56.3 Å². The minimum absolute atomic E-state index is 0.159. The zero-order valence-electron chi connectivity index (χ0n) is 17.6. The van der Waals surface area contributed by atoms with Gasteiger partial charge in [0.15, 0.2) is 6.23 Å². The first-order valence-corrected chi connectivity index (χ1v) is 10.0. The Labute approximate surface area is 172 Å². The van der Waals surface area contributed by atoms with Crippen molar-refractivity contribution >= 4 is 11.9 Å². The minimum Gasteiger partial charge on any atom is -0.466 e. The number of ether oxygens (including phenoxy) is 5. The fraction of sp³-hybridized carbons (Fsp3) is 0.619. The number of hydrogen-bond donors (Lipinski definition) is 1. The van der Waals surface area contributed by atoms with E-state index in [9.17, 15) is 9.59 Å². The molecule has 0 saturated heterocycles. The van der Waals surface area contributed by atoms with Gasteiger partial charge in [-0.2, -0.15) is 0 Å². The van der Waals surface area contributed by atoms with Gasteiger partial charge in [-0.15, -0.1) is 0 Å². The molecule has 0 radical (unpaired) electrons. The van der Waals surface area contributed by atoms with Crippen molar-refractivity contribution in [3.63, 3.8) is 0 Å². The van der Waals surface area contributed by atoms with Gasteiger partial charge in [0.1, 0.15) is 5.75 Å². The van der Waals surface area contributed by atoms with Crippen molar-refractivity contribution in [2.45, 2.75) is 58.5 Å². The number of esters is 2. The average molecular weight is 411 g/mol. The zero-order chi connectivity index (χ0) is 21.5. The van der Waals surface area contributed by atoms with Crippen LogP contribution >= 0.6 is 0 Å². The Hall–Kier alpha value is -2.16. The predicted molar refractivity (Wildman–Crippen MR) is 107 cm³/mol. The van der Waals surface area contributed by atoms with Gasteiger partial charge in [0.05, 0.1) is 25.4 Å². The van der Waals surface area contributed by atoms with Crippen LogP contribution in [0, 0.1) is 0 Å². The summed E-state index contributed by atoms with van der Waals surface area (Å²) >= 11 is 0. The van der Waals surface area contributed by atoms with E-state index in [0.29, 0.717) is 37.6 Å². The summed E-state index contributed by atoms with van der Waals surface area (Å²) < 4.78 is 26.5. The first-order chi connectivity index (χ1) is 14.0. The molecule has 1 rings (SSSR count). The summed E-state index contributed by atoms with van der Waals surface area (Å²) in [5, 5.41) is 0. The molecule has 2 N–H and O–H groups in total. The topological polar surface area (TPSA) is 106 Å². The lowest BCUT2D eigenvalue weighted by molar-refractivity contribution is -0.153. The van der Waals surface area contributed by atoms with Crippen LogP contribution in [0.2, 0.25) is 0 Å². The number of unbranched alkanes of at least 4 members (excludes halogenated alkanes) is 3. The molecule has 29 heavy (non-hydrogen) atoms. The number of carbonyl (C=O) groups excluding carboxylic acids is 2. The molecule has 0 spiro atoms. The van der Waals surface area contributed by atoms with E-state index in [0.717, 1.165) is 25.7 Å². The molecule has 2 unspecified atom stereocenters. The van der Waals surface area contributed by atoms with Crippen molar-refractivity contribution in [2.75, 3.05) is 26.9 Å². The summed E-state index contributed by atoms with van der Waals surface area (Å²) in [6.45, 7) is 4.68. The Morgan fingerprint density at radius 1 is 1.03 bits per heavy atom. The average Bonchev–Trinajstić information content (AvgIpc) is 2.72. The van der Waals surface area contributed by atoms with Gasteiger partial charge in [-0.3, -0.25) is 4.79 Å². The molecule has 164 valence electrons. The Bertz CT molecular complexity index is 608. The molecule has 2 atom stereocenters. The molecule has 0 saturated carbocycles. The molecule has 0 fully saturated rings. The molecule has 1 aromatic rings.